The van der Waals surface area contributed by atoms with E-state index in [4.69, 9.17) is 32.7 Å². The maximum Gasteiger partial charge on any atom is 0.230 e. The Labute approximate surface area is 169 Å². The fourth-order valence-electron chi connectivity index (χ4n) is 2.50. The zero-order chi connectivity index (χ0) is 20.0. The molecule has 0 unspecified atom stereocenters. The van der Waals surface area contributed by atoms with Crippen LogP contribution >= 0.6 is 23.2 Å². The van der Waals surface area contributed by atoms with Crippen molar-refractivity contribution in [2.45, 2.75) is 26.8 Å². The highest BCUT2D eigenvalue weighted by molar-refractivity contribution is 6.34. The van der Waals surface area contributed by atoms with Gasteiger partial charge in [0.25, 0.3) is 0 Å². The van der Waals surface area contributed by atoms with Gasteiger partial charge in [-0.25, -0.2) is 4.98 Å². The van der Waals surface area contributed by atoms with E-state index in [9.17, 15) is 5.21 Å². The maximum absolute atomic E-state index is 9.73. The van der Waals surface area contributed by atoms with Gasteiger partial charge in [0.2, 0.25) is 5.88 Å². The highest BCUT2D eigenvalue weighted by Gasteiger charge is 2.23. The summed E-state index contributed by atoms with van der Waals surface area (Å²) in [6.07, 6.45) is 0. The van der Waals surface area contributed by atoms with E-state index in [1.165, 1.54) is 0 Å². The topological polar surface area (TPSA) is 67.2 Å². The molecule has 2 rings (SSSR count). The molecule has 0 spiro atoms. The first-order valence-electron chi connectivity index (χ1n) is 8.46. The summed E-state index contributed by atoms with van der Waals surface area (Å²) in [5, 5.41) is 14.1. The lowest BCUT2D eigenvalue weighted by Crippen LogP contribution is -2.40. The van der Waals surface area contributed by atoms with Gasteiger partial charge in [0.15, 0.2) is 5.84 Å². The molecule has 0 bridgehead atoms. The predicted octanol–water partition coefficient (Wildman–Crippen LogP) is 4.98. The molecule has 0 amide bonds. The number of hydrogen-bond acceptors (Lipinski definition) is 5. The average Bonchev–Trinajstić information content (AvgIpc) is 2.62. The Morgan fingerprint density at radius 2 is 2.00 bits per heavy atom. The molecule has 0 atom stereocenters. The van der Waals surface area contributed by atoms with Crippen LogP contribution in [0, 0.1) is 6.92 Å². The number of rotatable bonds is 7. The van der Waals surface area contributed by atoms with Crippen LogP contribution in [0.3, 0.4) is 0 Å². The molecule has 0 saturated heterocycles. The van der Waals surface area contributed by atoms with Crippen LogP contribution < -0.4 is 4.74 Å². The molecule has 0 aliphatic heterocycles. The lowest BCUT2D eigenvalue weighted by molar-refractivity contribution is 0.164. The number of halogens is 2. The van der Waals surface area contributed by atoms with Crippen LogP contribution in [0.25, 0.3) is 0 Å². The lowest BCUT2D eigenvalue weighted by Gasteiger charge is -2.29. The molecule has 0 saturated carbocycles. The van der Waals surface area contributed by atoms with Crippen LogP contribution in [0.1, 0.15) is 25.1 Å². The second-order valence-corrected chi connectivity index (χ2v) is 7.03. The van der Waals surface area contributed by atoms with Crippen molar-refractivity contribution in [2.24, 2.45) is 5.16 Å². The van der Waals surface area contributed by atoms with Gasteiger partial charge < -0.3 is 19.6 Å². The van der Waals surface area contributed by atoms with E-state index in [1.807, 2.05) is 31.7 Å². The lowest BCUT2D eigenvalue weighted by atomic mass is 10.1. The minimum atomic E-state index is 0.0648. The fourth-order valence-corrected chi connectivity index (χ4v) is 2.82. The summed E-state index contributed by atoms with van der Waals surface area (Å²) in [5.74, 6) is 0.978. The molecule has 1 N–H and O–H groups in total. The SMILES string of the molecule is COCCN(/C(=N\O)c1ccc(C)nc1Oc1cc(Cl)ccc1Cl)C(C)C. The quantitative estimate of drug-likeness (QED) is 0.301. The van der Waals surface area contributed by atoms with Crippen molar-refractivity contribution in [1.29, 1.82) is 0 Å². The van der Waals surface area contributed by atoms with Crippen LogP contribution in [0.15, 0.2) is 35.5 Å². The Bertz CT molecular complexity index is 813. The van der Waals surface area contributed by atoms with E-state index in [0.29, 0.717) is 40.3 Å². The second kappa shape index (κ2) is 9.78. The Morgan fingerprint density at radius 3 is 2.63 bits per heavy atom. The van der Waals surface area contributed by atoms with Crippen LogP contribution in [-0.4, -0.2) is 47.2 Å². The fraction of sp³-hybridized carbons (Fsp3) is 0.368. The number of hydrogen-bond donors (Lipinski definition) is 1. The average molecular weight is 412 g/mol. The molecular formula is C19H23Cl2N3O3. The van der Waals surface area contributed by atoms with Gasteiger partial charge >= 0.3 is 0 Å². The first-order chi connectivity index (χ1) is 12.9. The smallest absolute Gasteiger partial charge is 0.230 e. The molecule has 1 heterocycles. The first-order valence-corrected chi connectivity index (χ1v) is 9.21. The van der Waals surface area contributed by atoms with Gasteiger partial charge in [-0.05, 0) is 45.0 Å². The molecule has 0 aliphatic rings. The zero-order valence-electron chi connectivity index (χ0n) is 15.7. The van der Waals surface area contributed by atoms with Gasteiger partial charge in [0.05, 0.1) is 17.2 Å². The summed E-state index contributed by atoms with van der Waals surface area (Å²) < 4.78 is 11.1. The number of pyridine rings is 1. The standard InChI is InChI=1S/C19H23Cl2N3O3/c1-12(2)24(9-10-26-4)18(23-25)15-7-5-13(3)22-19(15)27-17-11-14(20)6-8-16(17)21/h5-8,11-12,25H,9-10H2,1-4H3/b23-18-. The Kier molecular flexibility index (Phi) is 7.71. The van der Waals surface area contributed by atoms with Gasteiger partial charge in [-0.15, -0.1) is 0 Å². The van der Waals surface area contributed by atoms with Crippen LogP contribution in [-0.2, 0) is 4.74 Å². The van der Waals surface area contributed by atoms with Gasteiger partial charge in [0, 0.05) is 36.5 Å². The van der Waals surface area contributed by atoms with E-state index in [2.05, 4.69) is 10.1 Å². The van der Waals surface area contributed by atoms with E-state index in [1.54, 1.807) is 31.4 Å². The summed E-state index contributed by atoms with van der Waals surface area (Å²) in [6.45, 7) is 6.86. The van der Waals surface area contributed by atoms with E-state index < -0.39 is 0 Å². The number of oxime groups is 1. The summed E-state index contributed by atoms with van der Waals surface area (Å²) in [4.78, 5) is 6.36. The second-order valence-electron chi connectivity index (χ2n) is 6.19. The summed E-state index contributed by atoms with van der Waals surface area (Å²) in [7, 11) is 1.62. The summed E-state index contributed by atoms with van der Waals surface area (Å²) in [5.41, 5.74) is 1.28. The zero-order valence-corrected chi connectivity index (χ0v) is 17.3. The normalized spacial score (nSPS) is 11.7. The number of aromatic nitrogens is 1. The van der Waals surface area contributed by atoms with Crippen LogP contribution in [0.2, 0.25) is 10.0 Å². The number of nitrogens with zero attached hydrogens (tertiary/aromatic N) is 3. The minimum absolute atomic E-state index is 0.0648. The third kappa shape index (κ3) is 5.48. The molecule has 146 valence electrons. The van der Waals surface area contributed by atoms with Crippen molar-refractivity contribution in [2.75, 3.05) is 20.3 Å². The number of methoxy groups -OCH3 is 1. The Morgan fingerprint density at radius 1 is 1.26 bits per heavy atom. The van der Waals surface area contributed by atoms with Gasteiger partial charge in [-0.1, -0.05) is 28.4 Å². The van der Waals surface area contributed by atoms with Gasteiger partial charge in [-0.2, -0.15) is 0 Å². The number of benzene rings is 1. The molecule has 0 fully saturated rings. The van der Waals surface area contributed by atoms with E-state index in [-0.39, 0.29) is 11.9 Å². The number of amidine groups is 1. The van der Waals surface area contributed by atoms with Crippen molar-refractivity contribution < 1.29 is 14.7 Å². The molecule has 1 aromatic heterocycles. The van der Waals surface area contributed by atoms with Gasteiger partial charge in [-0.3, -0.25) is 0 Å². The largest absolute Gasteiger partial charge is 0.437 e. The first kappa shape index (κ1) is 21.3. The minimum Gasteiger partial charge on any atom is -0.437 e. The molecule has 8 heteroatoms. The molecule has 6 nitrogen and oxygen atoms in total. The Hall–Kier alpha value is -2.02. The van der Waals surface area contributed by atoms with Crippen molar-refractivity contribution in [3.8, 4) is 11.6 Å². The number of ether oxygens (including phenoxy) is 2. The van der Waals surface area contributed by atoms with E-state index in [0.717, 1.165) is 5.69 Å². The third-order valence-corrected chi connectivity index (χ3v) is 4.41. The van der Waals surface area contributed by atoms with Crippen LogP contribution in [0.4, 0.5) is 0 Å². The molecule has 27 heavy (non-hydrogen) atoms. The molecule has 2 aromatic rings. The summed E-state index contributed by atoms with van der Waals surface area (Å²) in [6, 6.07) is 8.62. The molecule has 0 aliphatic carbocycles. The highest BCUT2D eigenvalue weighted by Crippen LogP contribution is 2.33. The molecule has 1 aromatic carbocycles. The van der Waals surface area contributed by atoms with Crippen molar-refractivity contribution in [3.05, 3.63) is 51.6 Å². The third-order valence-electron chi connectivity index (χ3n) is 3.87. The highest BCUT2D eigenvalue weighted by atomic mass is 35.5. The predicted molar refractivity (Wildman–Crippen MR) is 108 cm³/mol. The monoisotopic (exact) mass is 411 g/mol. The van der Waals surface area contributed by atoms with Crippen LogP contribution in [0.5, 0.6) is 11.6 Å². The van der Waals surface area contributed by atoms with Gasteiger partial charge in [0.1, 0.15) is 5.75 Å². The maximum atomic E-state index is 9.73. The number of aryl methyl sites for hydroxylation is 1. The summed E-state index contributed by atoms with van der Waals surface area (Å²) >= 11 is 12.3. The van der Waals surface area contributed by atoms with Crippen molar-refractivity contribution in [1.82, 2.24) is 9.88 Å². The molecular weight excluding hydrogens is 389 g/mol. The van der Waals surface area contributed by atoms with Crippen molar-refractivity contribution >= 4 is 29.0 Å². The Balaban J connectivity index is 2.48. The van der Waals surface area contributed by atoms with E-state index >= 15 is 0 Å². The van der Waals surface area contributed by atoms with Crippen molar-refractivity contribution in [3.63, 3.8) is 0 Å². The molecule has 0 radical (unpaired) electrons.